The predicted molar refractivity (Wildman–Crippen MR) is 78.3 cm³/mol. The minimum Gasteiger partial charge on any atom is -0.500 e. The summed E-state index contributed by atoms with van der Waals surface area (Å²) in [6.07, 6.45) is 3.78. The lowest BCUT2D eigenvalue weighted by atomic mass is 9.64. The Hall–Kier alpha value is -0.653. The maximum absolute atomic E-state index is 5.61. The third-order valence-electron chi connectivity index (χ3n) is 3.51. The normalized spacial score (nSPS) is 24.3. The lowest BCUT2D eigenvalue weighted by Gasteiger charge is -2.45. The molecule has 0 spiro atoms. The largest absolute Gasteiger partial charge is 0.500 e. The van der Waals surface area contributed by atoms with Gasteiger partial charge in [-0.1, -0.05) is 20.8 Å². The van der Waals surface area contributed by atoms with Gasteiger partial charge in [0, 0.05) is 12.8 Å². The summed E-state index contributed by atoms with van der Waals surface area (Å²) < 4.78 is 11.2. The Morgan fingerprint density at radius 3 is 2.61 bits per heavy atom. The molecular weight excluding hydrogens is 244 g/mol. The van der Waals surface area contributed by atoms with Gasteiger partial charge in [-0.15, -0.1) is 0 Å². The lowest BCUT2D eigenvalue weighted by molar-refractivity contribution is 0.0303. The van der Waals surface area contributed by atoms with Gasteiger partial charge >= 0.3 is 0 Å². The number of methoxy groups -OCH3 is 1. The number of nitrogens with one attached hydrogen (secondary N) is 1. The number of nitrogens with zero attached hydrogens (tertiary/aromatic N) is 1. The van der Waals surface area contributed by atoms with Crippen molar-refractivity contribution in [3.05, 3.63) is 11.8 Å². The third-order valence-corrected chi connectivity index (χ3v) is 4.15. The van der Waals surface area contributed by atoms with Crippen LogP contribution >= 0.6 is 0 Å². The van der Waals surface area contributed by atoms with Crippen molar-refractivity contribution in [1.82, 2.24) is 5.48 Å². The Bertz CT molecular complexity index is 334. The summed E-state index contributed by atoms with van der Waals surface area (Å²) >= 11 is 0. The molecule has 0 aromatic rings. The van der Waals surface area contributed by atoms with Crippen LogP contribution < -0.4 is 5.48 Å². The molecule has 5 heteroatoms. The molecule has 1 N–H and O–H groups in total. The minimum absolute atomic E-state index is 0.0432. The highest BCUT2D eigenvalue weighted by molar-refractivity contribution is 6.48. The van der Waals surface area contributed by atoms with Crippen LogP contribution in [0.25, 0.3) is 0 Å². The number of aliphatic imine (C=N–C) groups is 1. The zero-order valence-electron chi connectivity index (χ0n) is 12.4. The SMILES string of the molecule is COC1=CC=NCC1(CNO[SiH](C)C)C(C)(C)C. The van der Waals surface area contributed by atoms with E-state index in [-0.39, 0.29) is 10.8 Å². The van der Waals surface area contributed by atoms with Crippen LogP contribution in [0.5, 0.6) is 0 Å². The van der Waals surface area contributed by atoms with Crippen molar-refractivity contribution < 1.29 is 9.26 Å². The molecule has 1 unspecified atom stereocenters. The van der Waals surface area contributed by atoms with Gasteiger partial charge in [-0.05, 0) is 24.6 Å². The fourth-order valence-electron chi connectivity index (χ4n) is 2.18. The zero-order chi connectivity index (χ0) is 13.8. The van der Waals surface area contributed by atoms with E-state index in [9.17, 15) is 0 Å². The molecule has 0 saturated carbocycles. The maximum Gasteiger partial charge on any atom is 0.199 e. The van der Waals surface area contributed by atoms with E-state index in [2.05, 4.69) is 44.3 Å². The Morgan fingerprint density at radius 1 is 1.44 bits per heavy atom. The van der Waals surface area contributed by atoms with Crippen LogP contribution in [0.1, 0.15) is 20.8 Å². The lowest BCUT2D eigenvalue weighted by Crippen LogP contribution is -2.50. The van der Waals surface area contributed by atoms with E-state index in [1.165, 1.54) is 0 Å². The first-order valence-electron chi connectivity index (χ1n) is 6.46. The van der Waals surface area contributed by atoms with Gasteiger partial charge in [0.05, 0.1) is 19.1 Å². The first-order valence-corrected chi connectivity index (χ1v) is 9.24. The van der Waals surface area contributed by atoms with Crippen LogP contribution in [0.4, 0.5) is 0 Å². The number of hydrogen-bond donors (Lipinski definition) is 1. The van der Waals surface area contributed by atoms with Crippen LogP contribution in [-0.4, -0.2) is 35.5 Å². The molecule has 0 saturated heterocycles. The topological polar surface area (TPSA) is 42.8 Å². The number of dihydropyridines is 1. The zero-order valence-corrected chi connectivity index (χ0v) is 13.6. The molecule has 0 aromatic carbocycles. The molecule has 0 aliphatic carbocycles. The molecule has 1 aliphatic rings. The smallest absolute Gasteiger partial charge is 0.199 e. The fourth-order valence-corrected chi connectivity index (χ4v) is 2.59. The van der Waals surface area contributed by atoms with Crippen LogP contribution in [-0.2, 0) is 9.26 Å². The molecular formula is C13H26N2O2Si. The molecule has 4 nitrogen and oxygen atoms in total. The van der Waals surface area contributed by atoms with E-state index in [4.69, 9.17) is 9.26 Å². The van der Waals surface area contributed by atoms with Crippen molar-refractivity contribution in [2.45, 2.75) is 33.9 Å². The highest BCUT2D eigenvalue weighted by Gasteiger charge is 2.47. The number of allylic oxidation sites excluding steroid dienone is 1. The summed E-state index contributed by atoms with van der Waals surface area (Å²) in [5.74, 6) is 0.978. The second-order valence-corrected chi connectivity index (χ2v) is 8.38. The Labute approximate surface area is 112 Å². The van der Waals surface area contributed by atoms with Crippen LogP contribution in [0.3, 0.4) is 0 Å². The van der Waals surface area contributed by atoms with Crippen molar-refractivity contribution >= 4 is 15.3 Å². The summed E-state index contributed by atoms with van der Waals surface area (Å²) in [5, 5.41) is 0. The van der Waals surface area contributed by atoms with Crippen LogP contribution in [0, 0.1) is 10.8 Å². The summed E-state index contributed by atoms with van der Waals surface area (Å²) in [4.78, 5) is 4.43. The predicted octanol–water partition coefficient (Wildman–Crippen LogP) is 2.14. The first kappa shape index (κ1) is 15.4. The number of hydroxylamine groups is 1. The van der Waals surface area contributed by atoms with Crippen LogP contribution in [0.2, 0.25) is 13.1 Å². The quantitative estimate of drug-likeness (QED) is 0.615. The summed E-state index contributed by atoms with van der Waals surface area (Å²) in [5.41, 5.74) is 3.02. The highest BCUT2D eigenvalue weighted by Crippen LogP contribution is 2.45. The van der Waals surface area contributed by atoms with Crippen LogP contribution in [0.15, 0.2) is 16.8 Å². The van der Waals surface area contributed by atoms with Gasteiger partial charge in [0.15, 0.2) is 9.04 Å². The van der Waals surface area contributed by atoms with Gasteiger partial charge in [0.2, 0.25) is 0 Å². The van der Waals surface area contributed by atoms with E-state index in [0.717, 1.165) is 18.8 Å². The molecule has 0 fully saturated rings. The standard InChI is InChI=1S/C13H26N2O2Si/c1-12(2,3)13(10-15-17-18(5)6)9-14-8-7-11(13)16-4/h7-8,15,18H,9-10H2,1-6H3. The second kappa shape index (κ2) is 5.99. The average Bonchev–Trinajstić information content (AvgIpc) is 2.27. The van der Waals surface area contributed by atoms with Crippen molar-refractivity contribution in [2.24, 2.45) is 15.8 Å². The maximum atomic E-state index is 5.61. The minimum atomic E-state index is -1.07. The Balaban J connectivity index is 2.90. The molecule has 18 heavy (non-hydrogen) atoms. The number of rotatable bonds is 5. The van der Waals surface area contributed by atoms with Gasteiger partial charge in [0.1, 0.15) is 5.76 Å². The third kappa shape index (κ3) is 3.21. The van der Waals surface area contributed by atoms with Gasteiger partial charge in [-0.2, -0.15) is 0 Å². The van der Waals surface area contributed by atoms with Gasteiger partial charge in [-0.3, -0.25) is 4.99 Å². The van der Waals surface area contributed by atoms with E-state index in [0.29, 0.717) is 0 Å². The number of hydrogen-bond acceptors (Lipinski definition) is 4. The van der Waals surface area contributed by atoms with Crippen molar-refractivity contribution in [2.75, 3.05) is 20.2 Å². The van der Waals surface area contributed by atoms with E-state index < -0.39 is 9.04 Å². The molecule has 1 rings (SSSR count). The average molecular weight is 270 g/mol. The molecule has 0 bridgehead atoms. The summed E-state index contributed by atoms with van der Waals surface area (Å²) in [7, 11) is 0.660. The monoisotopic (exact) mass is 270 g/mol. The molecule has 104 valence electrons. The van der Waals surface area contributed by atoms with E-state index in [1.54, 1.807) is 7.11 Å². The molecule has 1 atom stereocenters. The van der Waals surface area contributed by atoms with E-state index in [1.807, 2.05) is 12.3 Å². The highest BCUT2D eigenvalue weighted by atomic mass is 28.3. The first-order chi connectivity index (χ1) is 8.33. The molecule has 0 aromatic heterocycles. The van der Waals surface area contributed by atoms with Gasteiger partial charge in [0.25, 0.3) is 0 Å². The molecule has 1 heterocycles. The summed E-state index contributed by atoms with van der Waals surface area (Å²) in [6, 6.07) is 0. The van der Waals surface area contributed by atoms with Crippen molar-refractivity contribution in [1.29, 1.82) is 0 Å². The van der Waals surface area contributed by atoms with Crippen molar-refractivity contribution in [3.8, 4) is 0 Å². The molecule has 0 amide bonds. The second-order valence-electron chi connectivity index (χ2n) is 6.04. The molecule has 1 aliphatic heterocycles. The summed E-state index contributed by atoms with van der Waals surface area (Å²) in [6.45, 7) is 12.4. The van der Waals surface area contributed by atoms with E-state index >= 15 is 0 Å². The number of ether oxygens (including phenoxy) is 1. The van der Waals surface area contributed by atoms with Gasteiger partial charge < -0.3 is 9.26 Å². The Kier molecular flexibility index (Phi) is 5.13. The Morgan fingerprint density at radius 2 is 2.11 bits per heavy atom. The van der Waals surface area contributed by atoms with Gasteiger partial charge in [-0.25, -0.2) is 5.48 Å². The van der Waals surface area contributed by atoms with Crippen molar-refractivity contribution in [3.63, 3.8) is 0 Å². The molecule has 0 radical (unpaired) electrons. The fraction of sp³-hybridized carbons (Fsp3) is 0.769.